The molecule has 0 radical (unpaired) electrons. The first-order valence-electron chi connectivity index (χ1n) is 4.70. The third-order valence-electron chi connectivity index (χ3n) is 2.26. The summed E-state index contributed by atoms with van der Waals surface area (Å²) in [5.41, 5.74) is 0. The Morgan fingerprint density at radius 3 is 2.69 bits per heavy atom. The molecule has 1 unspecified atom stereocenters. The van der Waals surface area contributed by atoms with Crippen molar-refractivity contribution < 1.29 is 9.90 Å². The van der Waals surface area contributed by atoms with Crippen LogP contribution in [0, 0.1) is 0 Å². The minimum atomic E-state index is -0.800. The molecule has 0 fully saturated rings. The molecule has 0 amide bonds. The standard InChI is InChI=1S/C9H20N2O2/c1-4-8(2)11(3)6-5-10-7-9(12)13/h8,10H,4-7H2,1-3H3,(H,12,13). The maximum Gasteiger partial charge on any atom is 0.317 e. The number of carbonyl (C=O) groups is 1. The molecular formula is C9H20N2O2. The molecule has 78 valence electrons. The van der Waals surface area contributed by atoms with Crippen LogP contribution in [0.1, 0.15) is 20.3 Å². The van der Waals surface area contributed by atoms with Gasteiger partial charge in [0, 0.05) is 19.1 Å². The number of carboxylic acid groups (broad SMARTS) is 1. The van der Waals surface area contributed by atoms with Crippen molar-refractivity contribution in [2.75, 3.05) is 26.7 Å². The number of carboxylic acids is 1. The molecule has 0 aliphatic carbocycles. The number of nitrogens with zero attached hydrogens (tertiary/aromatic N) is 1. The molecule has 4 heteroatoms. The summed E-state index contributed by atoms with van der Waals surface area (Å²) in [6, 6.07) is 0.562. The van der Waals surface area contributed by atoms with Crippen molar-refractivity contribution >= 4 is 5.97 Å². The van der Waals surface area contributed by atoms with Crippen LogP contribution < -0.4 is 5.32 Å². The molecule has 0 bridgehead atoms. The highest BCUT2D eigenvalue weighted by Gasteiger charge is 2.05. The fourth-order valence-corrected chi connectivity index (χ4v) is 0.983. The zero-order valence-electron chi connectivity index (χ0n) is 8.71. The quantitative estimate of drug-likeness (QED) is 0.567. The van der Waals surface area contributed by atoms with Crippen LogP contribution >= 0.6 is 0 Å². The molecule has 2 N–H and O–H groups in total. The summed E-state index contributed by atoms with van der Waals surface area (Å²) in [6.07, 6.45) is 1.12. The van der Waals surface area contributed by atoms with Crippen molar-refractivity contribution in [2.24, 2.45) is 0 Å². The normalized spacial score (nSPS) is 13.2. The van der Waals surface area contributed by atoms with Crippen LogP contribution in [-0.4, -0.2) is 48.7 Å². The zero-order chi connectivity index (χ0) is 10.3. The van der Waals surface area contributed by atoms with E-state index in [2.05, 4.69) is 31.1 Å². The van der Waals surface area contributed by atoms with E-state index in [0.717, 1.165) is 19.5 Å². The molecule has 0 heterocycles. The summed E-state index contributed by atoms with van der Waals surface area (Å²) in [4.78, 5) is 12.4. The lowest BCUT2D eigenvalue weighted by Gasteiger charge is -2.23. The van der Waals surface area contributed by atoms with Gasteiger partial charge in [-0.25, -0.2) is 0 Å². The van der Waals surface area contributed by atoms with Crippen LogP contribution in [0.4, 0.5) is 0 Å². The molecule has 0 aliphatic rings. The van der Waals surface area contributed by atoms with Crippen LogP contribution in [0.3, 0.4) is 0 Å². The molecule has 0 spiro atoms. The summed E-state index contributed by atoms with van der Waals surface area (Å²) < 4.78 is 0. The van der Waals surface area contributed by atoms with Gasteiger partial charge in [-0.1, -0.05) is 6.92 Å². The van der Waals surface area contributed by atoms with Crippen LogP contribution in [0.25, 0.3) is 0 Å². The first-order chi connectivity index (χ1) is 6.07. The molecule has 0 aromatic rings. The largest absolute Gasteiger partial charge is 0.480 e. The number of nitrogens with one attached hydrogen (secondary N) is 1. The van der Waals surface area contributed by atoms with Gasteiger partial charge in [-0.3, -0.25) is 4.79 Å². The predicted molar refractivity (Wildman–Crippen MR) is 52.9 cm³/mol. The molecule has 13 heavy (non-hydrogen) atoms. The zero-order valence-corrected chi connectivity index (χ0v) is 8.71. The van der Waals surface area contributed by atoms with E-state index in [-0.39, 0.29) is 6.54 Å². The van der Waals surface area contributed by atoms with E-state index in [1.807, 2.05) is 0 Å². The molecule has 0 saturated carbocycles. The van der Waals surface area contributed by atoms with Crippen LogP contribution in [0.2, 0.25) is 0 Å². The van der Waals surface area contributed by atoms with Crippen LogP contribution in [0.15, 0.2) is 0 Å². The highest BCUT2D eigenvalue weighted by molar-refractivity contribution is 5.68. The van der Waals surface area contributed by atoms with Gasteiger partial charge < -0.3 is 15.3 Å². The van der Waals surface area contributed by atoms with Gasteiger partial charge in [0.1, 0.15) is 0 Å². The lowest BCUT2D eigenvalue weighted by atomic mass is 10.2. The molecule has 4 nitrogen and oxygen atoms in total. The Kier molecular flexibility index (Phi) is 6.54. The van der Waals surface area contributed by atoms with Gasteiger partial charge >= 0.3 is 5.97 Å². The van der Waals surface area contributed by atoms with Crippen molar-refractivity contribution in [3.63, 3.8) is 0 Å². The Labute approximate surface area is 79.9 Å². The second-order valence-electron chi connectivity index (χ2n) is 3.31. The number of likely N-dealkylation sites (N-methyl/N-ethyl adjacent to an activating group) is 1. The monoisotopic (exact) mass is 188 g/mol. The summed E-state index contributed by atoms with van der Waals surface area (Å²) in [5.74, 6) is -0.800. The third kappa shape index (κ3) is 6.54. The lowest BCUT2D eigenvalue weighted by Crippen LogP contribution is -2.36. The highest BCUT2D eigenvalue weighted by atomic mass is 16.4. The second-order valence-corrected chi connectivity index (χ2v) is 3.31. The van der Waals surface area contributed by atoms with Crippen LogP contribution in [-0.2, 0) is 4.79 Å². The van der Waals surface area contributed by atoms with Crippen molar-refractivity contribution in [1.29, 1.82) is 0 Å². The molecule has 0 aliphatic heterocycles. The van der Waals surface area contributed by atoms with Crippen molar-refractivity contribution in [2.45, 2.75) is 26.3 Å². The Hall–Kier alpha value is -0.610. The van der Waals surface area contributed by atoms with E-state index in [1.165, 1.54) is 0 Å². The van der Waals surface area contributed by atoms with E-state index in [1.54, 1.807) is 0 Å². The maximum atomic E-state index is 10.2. The molecule has 0 aromatic heterocycles. The summed E-state index contributed by atoms with van der Waals surface area (Å²) >= 11 is 0. The topological polar surface area (TPSA) is 52.6 Å². The van der Waals surface area contributed by atoms with E-state index in [9.17, 15) is 4.79 Å². The van der Waals surface area contributed by atoms with E-state index >= 15 is 0 Å². The first kappa shape index (κ1) is 12.4. The molecule has 0 saturated heterocycles. The number of aliphatic carboxylic acids is 1. The summed E-state index contributed by atoms with van der Waals surface area (Å²) in [5, 5.41) is 11.2. The lowest BCUT2D eigenvalue weighted by molar-refractivity contribution is -0.135. The van der Waals surface area contributed by atoms with Gasteiger partial charge in [-0.05, 0) is 20.4 Å². The fraction of sp³-hybridized carbons (Fsp3) is 0.889. The number of rotatable bonds is 7. The second kappa shape index (κ2) is 6.86. The van der Waals surface area contributed by atoms with Gasteiger partial charge in [-0.2, -0.15) is 0 Å². The number of hydrogen-bond donors (Lipinski definition) is 2. The van der Waals surface area contributed by atoms with Gasteiger partial charge in [-0.15, -0.1) is 0 Å². The van der Waals surface area contributed by atoms with Gasteiger partial charge in [0.25, 0.3) is 0 Å². The Morgan fingerprint density at radius 2 is 2.23 bits per heavy atom. The average Bonchev–Trinajstić information content (AvgIpc) is 2.10. The van der Waals surface area contributed by atoms with Crippen molar-refractivity contribution in [3.05, 3.63) is 0 Å². The summed E-state index contributed by atoms with van der Waals surface area (Å²) in [7, 11) is 2.05. The minimum absolute atomic E-state index is 0.0499. The Morgan fingerprint density at radius 1 is 1.62 bits per heavy atom. The molecular weight excluding hydrogens is 168 g/mol. The van der Waals surface area contributed by atoms with Crippen LogP contribution in [0.5, 0.6) is 0 Å². The molecule has 1 atom stereocenters. The van der Waals surface area contributed by atoms with E-state index < -0.39 is 5.97 Å². The smallest absolute Gasteiger partial charge is 0.317 e. The number of hydrogen-bond acceptors (Lipinski definition) is 3. The SMILES string of the molecule is CCC(C)N(C)CCNCC(=O)O. The van der Waals surface area contributed by atoms with Crippen molar-refractivity contribution in [3.8, 4) is 0 Å². The molecule has 0 rings (SSSR count). The van der Waals surface area contributed by atoms with Gasteiger partial charge in [0.05, 0.1) is 6.54 Å². The highest BCUT2D eigenvalue weighted by Crippen LogP contribution is 1.97. The average molecular weight is 188 g/mol. The summed E-state index contributed by atoms with van der Waals surface area (Å²) in [6.45, 7) is 5.98. The first-order valence-corrected chi connectivity index (χ1v) is 4.70. The maximum absolute atomic E-state index is 10.2. The van der Waals surface area contributed by atoms with Gasteiger partial charge in [0.15, 0.2) is 0 Å². The van der Waals surface area contributed by atoms with Crippen molar-refractivity contribution in [1.82, 2.24) is 10.2 Å². The van der Waals surface area contributed by atoms with E-state index in [4.69, 9.17) is 5.11 Å². The Bertz CT molecular complexity index is 151. The molecule has 0 aromatic carbocycles. The Balaban J connectivity index is 3.36. The minimum Gasteiger partial charge on any atom is -0.480 e. The van der Waals surface area contributed by atoms with E-state index in [0.29, 0.717) is 6.04 Å². The third-order valence-corrected chi connectivity index (χ3v) is 2.26. The fourth-order valence-electron chi connectivity index (χ4n) is 0.983. The predicted octanol–water partition coefficient (Wildman–Crippen LogP) is 0.391. The van der Waals surface area contributed by atoms with Gasteiger partial charge in [0.2, 0.25) is 0 Å².